The number of thiazole rings is 1. The van der Waals surface area contributed by atoms with Crippen LogP contribution in [0.2, 0.25) is 0 Å². The first kappa shape index (κ1) is 38.4. The smallest absolute Gasteiger partial charge is 0.164 e. The molecule has 0 N–H and O–H groups in total. The highest BCUT2D eigenvalue weighted by Crippen LogP contribution is 2.43. The molecule has 1 aliphatic rings. The van der Waals surface area contributed by atoms with Gasteiger partial charge in [0.05, 0.1) is 21.3 Å². The van der Waals surface area contributed by atoms with Gasteiger partial charge in [-0.1, -0.05) is 133 Å². The molecule has 308 valence electrons. The van der Waals surface area contributed by atoms with Gasteiger partial charge in [0.25, 0.3) is 0 Å². The number of nitrogens with zero attached hydrogens (tertiary/aromatic N) is 6. The molecule has 3 heterocycles. The lowest BCUT2D eigenvalue weighted by Gasteiger charge is -2.25. The Kier molecular flexibility index (Phi) is 9.73. The van der Waals surface area contributed by atoms with Crippen LogP contribution in [0.3, 0.4) is 0 Å². The predicted octanol–water partition coefficient (Wildman–Crippen LogP) is 15.4. The van der Waals surface area contributed by atoms with E-state index in [2.05, 4.69) is 167 Å². The molecule has 0 radical (unpaired) electrons. The molecule has 0 bridgehead atoms. The minimum atomic E-state index is 0.626. The average Bonchev–Trinajstić information content (AvgIpc) is 3.98. The molecule has 65 heavy (non-hydrogen) atoms. The molecular formula is C58H40N6S. The summed E-state index contributed by atoms with van der Waals surface area (Å²) in [7, 11) is 0. The molecule has 8 aromatic carbocycles. The topological polar surface area (TPSA) is 59.7 Å². The quantitative estimate of drug-likeness (QED) is 0.145. The Labute approximate surface area is 380 Å². The minimum absolute atomic E-state index is 0.626. The average molecular weight is 853 g/mol. The van der Waals surface area contributed by atoms with Crippen molar-refractivity contribution in [3.8, 4) is 51.0 Å². The maximum atomic E-state index is 5.20. The molecule has 12 rings (SSSR count). The highest BCUT2D eigenvalue weighted by Gasteiger charge is 2.21. The molecule has 0 saturated heterocycles. The second-order valence-corrected chi connectivity index (χ2v) is 17.2. The lowest BCUT2D eigenvalue weighted by Crippen LogP contribution is -2.09. The summed E-state index contributed by atoms with van der Waals surface area (Å²) in [6, 6.07) is 70.2. The molecular weight excluding hydrogens is 813 g/mol. The van der Waals surface area contributed by atoms with Crippen LogP contribution in [0.15, 0.2) is 218 Å². The van der Waals surface area contributed by atoms with Crippen LogP contribution in [-0.4, -0.2) is 24.5 Å². The van der Waals surface area contributed by atoms with Crippen molar-refractivity contribution in [1.29, 1.82) is 0 Å². The molecule has 0 saturated carbocycles. The summed E-state index contributed by atoms with van der Waals surface area (Å²) in [6.45, 7) is 0. The van der Waals surface area contributed by atoms with Gasteiger partial charge >= 0.3 is 0 Å². The van der Waals surface area contributed by atoms with Crippen molar-refractivity contribution in [2.75, 3.05) is 4.90 Å². The van der Waals surface area contributed by atoms with E-state index >= 15 is 0 Å². The molecule has 0 unspecified atom stereocenters. The lowest BCUT2D eigenvalue weighted by molar-refractivity contribution is 1.04. The van der Waals surface area contributed by atoms with Crippen molar-refractivity contribution < 1.29 is 0 Å². The molecule has 0 aliphatic heterocycles. The van der Waals surface area contributed by atoms with Gasteiger partial charge in [0.1, 0.15) is 5.01 Å². The van der Waals surface area contributed by atoms with E-state index in [0.29, 0.717) is 17.5 Å². The third kappa shape index (κ3) is 7.18. The zero-order valence-corrected chi connectivity index (χ0v) is 36.1. The first-order chi connectivity index (χ1) is 32.2. The van der Waals surface area contributed by atoms with Gasteiger partial charge < -0.3 is 9.47 Å². The van der Waals surface area contributed by atoms with Crippen LogP contribution in [0.1, 0.15) is 17.8 Å². The molecule has 0 amide bonds. The summed E-state index contributed by atoms with van der Waals surface area (Å²) >= 11 is 1.77. The van der Waals surface area contributed by atoms with Crippen molar-refractivity contribution in [2.24, 2.45) is 0 Å². The maximum absolute atomic E-state index is 5.20. The van der Waals surface area contributed by atoms with Gasteiger partial charge in [-0.05, 0) is 109 Å². The van der Waals surface area contributed by atoms with Crippen LogP contribution in [0.4, 0.5) is 17.1 Å². The molecule has 6 nitrogen and oxygen atoms in total. The Hall–Kier alpha value is -8.26. The lowest BCUT2D eigenvalue weighted by atomic mass is 10.0. The first-order valence-corrected chi connectivity index (χ1v) is 22.8. The number of rotatable bonds is 9. The number of anilines is 3. The zero-order chi connectivity index (χ0) is 43.1. The van der Waals surface area contributed by atoms with Crippen molar-refractivity contribution >= 4 is 66.0 Å². The van der Waals surface area contributed by atoms with Gasteiger partial charge in [-0.15, -0.1) is 11.3 Å². The van der Waals surface area contributed by atoms with Crippen molar-refractivity contribution in [2.45, 2.75) is 12.8 Å². The molecule has 0 fully saturated rings. The van der Waals surface area contributed by atoms with Crippen molar-refractivity contribution in [3.63, 3.8) is 0 Å². The molecule has 0 spiro atoms. The number of hydrogen-bond donors (Lipinski definition) is 0. The fraction of sp³-hybridized carbons (Fsp3) is 0.0345. The number of allylic oxidation sites excluding steroid dienone is 4. The fourth-order valence-corrected chi connectivity index (χ4v) is 10.1. The summed E-state index contributed by atoms with van der Waals surface area (Å²) in [5.74, 6) is 1.91. The van der Waals surface area contributed by atoms with Gasteiger partial charge in [-0.3, -0.25) is 0 Å². The normalized spacial score (nSPS) is 12.5. The van der Waals surface area contributed by atoms with E-state index in [1.54, 1.807) is 11.3 Å². The van der Waals surface area contributed by atoms with Gasteiger partial charge in [0.15, 0.2) is 17.5 Å². The largest absolute Gasteiger partial charge is 0.311 e. The van der Waals surface area contributed by atoms with Crippen LogP contribution < -0.4 is 4.90 Å². The number of benzene rings is 8. The van der Waals surface area contributed by atoms with Crippen LogP contribution in [0.25, 0.3) is 88.6 Å². The Morgan fingerprint density at radius 1 is 0.446 bits per heavy atom. The van der Waals surface area contributed by atoms with E-state index in [4.69, 9.17) is 19.9 Å². The van der Waals surface area contributed by atoms with Gasteiger partial charge in [-0.25, -0.2) is 19.9 Å². The summed E-state index contributed by atoms with van der Waals surface area (Å²) in [4.78, 5) is 22.4. The second-order valence-electron chi connectivity index (χ2n) is 16.2. The van der Waals surface area contributed by atoms with E-state index in [1.807, 2.05) is 60.7 Å². The maximum Gasteiger partial charge on any atom is 0.164 e. The van der Waals surface area contributed by atoms with Gasteiger partial charge in [-0.2, -0.15) is 0 Å². The highest BCUT2D eigenvalue weighted by molar-refractivity contribution is 7.20. The fourth-order valence-electron chi connectivity index (χ4n) is 8.93. The Balaban J connectivity index is 0.983. The van der Waals surface area contributed by atoms with Crippen LogP contribution in [0, 0.1) is 0 Å². The highest BCUT2D eigenvalue weighted by atomic mass is 32.1. The van der Waals surface area contributed by atoms with E-state index in [-0.39, 0.29) is 0 Å². The number of fused-ring (bicyclic) bond motifs is 5. The van der Waals surface area contributed by atoms with E-state index in [1.165, 1.54) is 21.0 Å². The minimum Gasteiger partial charge on any atom is -0.311 e. The molecule has 7 heteroatoms. The van der Waals surface area contributed by atoms with Gasteiger partial charge in [0, 0.05) is 55.8 Å². The number of hydrogen-bond acceptors (Lipinski definition) is 6. The van der Waals surface area contributed by atoms with Crippen molar-refractivity contribution in [3.05, 3.63) is 223 Å². The van der Waals surface area contributed by atoms with Gasteiger partial charge in [0.2, 0.25) is 0 Å². The molecule has 3 aromatic heterocycles. The summed E-state index contributed by atoms with van der Waals surface area (Å²) in [6.07, 6.45) is 8.88. The first-order valence-electron chi connectivity index (χ1n) is 22.0. The van der Waals surface area contributed by atoms with E-state index in [9.17, 15) is 0 Å². The predicted molar refractivity (Wildman–Crippen MR) is 270 cm³/mol. The molecule has 11 aromatic rings. The monoisotopic (exact) mass is 852 g/mol. The van der Waals surface area contributed by atoms with E-state index in [0.717, 1.165) is 85.0 Å². The second kappa shape index (κ2) is 16.5. The third-order valence-corrected chi connectivity index (χ3v) is 13.2. The third-order valence-electron chi connectivity index (χ3n) is 12.1. The van der Waals surface area contributed by atoms with Crippen LogP contribution in [0.5, 0.6) is 0 Å². The number of para-hydroxylation sites is 2. The molecule has 0 atom stereocenters. The molecule has 1 aliphatic carbocycles. The summed E-state index contributed by atoms with van der Waals surface area (Å²) in [5.41, 5.74) is 14.0. The Bertz CT molecular complexity index is 3460. The zero-order valence-electron chi connectivity index (χ0n) is 35.3. The SMILES string of the molecule is C1=CC(c2nc3ccc4c5cc(-c6ccc(N(c7ccccc7)c7ccccc7)cc6)ccc5n(-c5ccc(-c6nc(-c7ccccc7)nc(-c7ccccc7)n6)cc5)c4c3s2)=CCC1. The van der Waals surface area contributed by atoms with Crippen LogP contribution in [-0.2, 0) is 0 Å². The van der Waals surface area contributed by atoms with Crippen LogP contribution >= 0.6 is 11.3 Å². The number of aromatic nitrogens is 5. The van der Waals surface area contributed by atoms with Crippen molar-refractivity contribution in [1.82, 2.24) is 24.5 Å². The Morgan fingerprint density at radius 2 is 0.985 bits per heavy atom. The van der Waals surface area contributed by atoms with E-state index < -0.39 is 0 Å². The summed E-state index contributed by atoms with van der Waals surface area (Å²) < 4.78 is 3.58. The standard InChI is InChI=1S/C58H40N6S/c1-6-16-40(17-7-1)55-60-56(41-18-8-2-9-19-41)62-57(61-55)42-28-33-48(34-29-42)64-52-37-30-44(38-50(52)49-35-36-51-54(53(49)64)65-58(59-51)43-20-10-3-11-21-43)39-26-31-47(32-27-39)63(45-22-12-4-13-23-45)46-24-14-5-15-25-46/h1-2,4-10,12-38H,3,11H2. The summed E-state index contributed by atoms with van der Waals surface area (Å²) in [5, 5.41) is 3.43. The Morgan fingerprint density at radius 3 is 1.57 bits per heavy atom.